The van der Waals surface area contributed by atoms with Gasteiger partial charge in [0.2, 0.25) is 10.0 Å². The Bertz CT molecular complexity index is 655. The van der Waals surface area contributed by atoms with E-state index in [-0.39, 0.29) is 6.04 Å². The van der Waals surface area contributed by atoms with Gasteiger partial charge in [0.05, 0.1) is 10.4 Å². The van der Waals surface area contributed by atoms with Gasteiger partial charge in [0, 0.05) is 17.5 Å². The number of hydrogen-bond acceptors (Lipinski definition) is 3. The molecule has 0 unspecified atom stereocenters. The molecule has 1 aliphatic carbocycles. The largest absolute Gasteiger partial charge is 0.243 e. The van der Waals surface area contributed by atoms with Gasteiger partial charge in [-0.25, -0.2) is 8.42 Å². The normalized spacial score (nSPS) is 29.6. The zero-order chi connectivity index (χ0) is 13.7. The molecule has 3 fully saturated rings. The molecule has 0 radical (unpaired) electrons. The molecule has 1 aromatic carbocycles. The standard InChI is InChI=1S/C12H14N4O2S/c1-9-2-4-11(5-3-9)19(17,18)16-8-12(14-15-13)6-10(16)7-12/h2-5,10H,6-8H2,1H3. The molecule has 4 rings (SSSR count). The second-order valence-corrected chi connectivity index (χ2v) is 7.23. The van der Waals surface area contributed by atoms with Crippen LogP contribution in [0.1, 0.15) is 18.4 Å². The van der Waals surface area contributed by atoms with Crippen molar-refractivity contribution in [2.24, 2.45) is 5.11 Å². The van der Waals surface area contributed by atoms with E-state index in [1.165, 1.54) is 4.31 Å². The Labute approximate surface area is 111 Å². The van der Waals surface area contributed by atoms with Crippen LogP contribution >= 0.6 is 0 Å². The zero-order valence-corrected chi connectivity index (χ0v) is 11.3. The highest BCUT2D eigenvalue weighted by Gasteiger charge is 2.58. The monoisotopic (exact) mass is 278 g/mol. The molecule has 3 aliphatic rings. The predicted molar refractivity (Wildman–Crippen MR) is 70.0 cm³/mol. The summed E-state index contributed by atoms with van der Waals surface area (Å²) in [5.74, 6) is 0. The number of nitrogens with zero attached hydrogens (tertiary/aromatic N) is 4. The maximum Gasteiger partial charge on any atom is 0.243 e. The van der Waals surface area contributed by atoms with E-state index in [2.05, 4.69) is 10.0 Å². The minimum absolute atomic E-state index is 0.0168. The summed E-state index contributed by atoms with van der Waals surface area (Å²) in [5, 5.41) is 3.77. The van der Waals surface area contributed by atoms with E-state index in [4.69, 9.17) is 5.53 Å². The van der Waals surface area contributed by atoms with E-state index in [0.29, 0.717) is 24.3 Å². The van der Waals surface area contributed by atoms with Crippen molar-refractivity contribution in [1.29, 1.82) is 0 Å². The Hall–Kier alpha value is -1.56. The first-order valence-electron chi connectivity index (χ1n) is 6.12. The Kier molecular flexibility index (Phi) is 2.60. The van der Waals surface area contributed by atoms with Gasteiger partial charge in [0.1, 0.15) is 0 Å². The van der Waals surface area contributed by atoms with Crippen molar-refractivity contribution in [2.45, 2.75) is 36.2 Å². The maximum atomic E-state index is 12.5. The highest BCUT2D eigenvalue weighted by Crippen LogP contribution is 2.49. The van der Waals surface area contributed by atoms with Gasteiger partial charge in [-0.1, -0.05) is 22.8 Å². The molecular formula is C12H14N4O2S. The van der Waals surface area contributed by atoms with Crippen LogP contribution < -0.4 is 0 Å². The first-order chi connectivity index (χ1) is 8.97. The van der Waals surface area contributed by atoms with Crippen LogP contribution in [0.3, 0.4) is 0 Å². The molecular weight excluding hydrogens is 264 g/mol. The van der Waals surface area contributed by atoms with Crippen molar-refractivity contribution >= 4 is 10.0 Å². The summed E-state index contributed by atoms with van der Waals surface area (Å²) in [6, 6.07) is 6.81. The van der Waals surface area contributed by atoms with Crippen LogP contribution in [-0.4, -0.2) is 30.8 Å². The van der Waals surface area contributed by atoms with E-state index in [1.54, 1.807) is 24.3 Å². The lowest BCUT2D eigenvalue weighted by Crippen LogP contribution is -2.39. The number of sulfonamides is 1. The van der Waals surface area contributed by atoms with Crippen molar-refractivity contribution in [3.05, 3.63) is 40.3 Å². The van der Waals surface area contributed by atoms with Gasteiger partial charge in [-0.15, -0.1) is 0 Å². The van der Waals surface area contributed by atoms with E-state index in [0.717, 1.165) is 5.56 Å². The van der Waals surface area contributed by atoms with Crippen LogP contribution in [0, 0.1) is 6.92 Å². The molecule has 1 aromatic rings. The number of benzene rings is 1. The number of aryl methyl sites for hydroxylation is 1. The highest BCUT2D eigenvalue weighted by atomic mass is 32.2. The summed E-state index contributed by atoms with van der Waals surface area (Å²) >= 11 is 0. The molecule has 7 heteroatoms. The molecule has 0 aromatic heterocycles. The summed E-state index contributed by atoms with van der Waals surface area (Å²) in [6.07, 6.45) is 1.28. The molecule has 0 atom stereocenters. The molecule has 1 saturated carbocycles. The van der Waals surface area contributed by atoms with Gasteiger partial charge >= 0.3 is 0 Å². The third-order valence-electron chi connectivity index (χ3n) is 3.97. The first-order valence-corrected chi connectivity index (χ1v) is 7.56. The maximum absolute atomic E-state index is 12.5. The summed E-state index contributed by atoms with van der Waals surface area (Å²) < 4.78 is 26.5. The molecule has 100 valence electrons. The lowest BCUT2D eigenvalue weighted by molar-refractivity contribution is 0.285. The molecule has 2 bridgehead atoms. The van der Waals surface area contributed by atoms with Gasteiger partial charge in [-0.05, 0) is 37.4 Å². The second-order valence-electron chi connectivity index (χ2n) is 5.34. The van der Waals surface area contributed by atoms with Crippen molar-refractivity contribution in [3.8, 4) is 0 Å². The number of hydrogen-bond donors (Lipinski definition) is 0. The molecule has 2 aliphatic heterocycles. The topological polar surface area (TPSA) is 86.1 Å². The van der Waals surface area contributed by atoms with Crippen molar-refractivity contribution < 1.29 is 8.42 Å². The van der Waals surface area contributed by atoms with Crippen molar-refractivity contribution in [2.75, 3.05) is 6.54 Å². The third-order valence-corrected chi connectivity index (χ3v) is 5.89. The number of azide groups is 1. The summed E-state index contributed by atoms with van der Waals surface area (Å²) in [4.78, 5) is 3.14. The number of rotatable bonds is 3. The average Bonchev–Trinajstić information content (AvgIpc) is 2.85. The smallest absolute Gasteiger partial charge is 0.207 e. The molecule has 0 spiro atoms. The fourth-order valence-corrected chi connectivity index (χ4v) is 4.61. The van der Waals surface area contributed by atoms with Gasteiger partial charge in [-0.3, -0.25) is 0 Å². The van der Waals surface area contributed by atoms with Gasteiger partial charge < -0.3 is 0 Å². The minimum atomic E-state index is -3.47. The average molecular weight is 278 g/mol. The third kappa shape index (κ3) is 1.82. The zero-order valence-electron chi connectivity index (χ0n) is 10.5. The van der Waals surface area contributed by atoms with Crippen LogP contribution in [0.15, 0.2) is 34.3 Å². The SMILES string of the molecule is Cc1ccc(S(=O)(=O)N2CC3(N=[N+]=[N-])CC2C3)cc1. The summed E-state index contributed by atoms with van der Waals surface area (Å²) in [6.45, 7) is 2.22. The molecule has 0 amide bonds. The highest BCUT2D eigenvalue weighted by molar-refractivity contribution is 7.89. The lowest BCUT2D eigenvalue weighted by Gasteiger charge is -2.32. The minimum Gasteiger partial charge on any atom is -0.207 e. The first kappa shape index (κ1) is 12.5. The lowest BCUT2D eigenvalue weighted by atomic mass is 9.79. The summed E-state index contributed by atoms with van der Waals surface area (Å²) in [5.41, 5.74) is 9.06. The molecule has 19 heavy (non-hydrogen) atoms. The Balaban J connectivity index is 1.91. The fourth-order valence-electron chi connectivity index (χ4n) is 2.90. The van der Waals surface area contributed by atoms with Crippen LogP contribution in [0.4, 0.5) is 0 Å². The van der Waals surface area contributed by atoms with Gasteiger partial charge in [0.25, 0.3) is 0 Å². The van der Waals surface area contributed by atoms with E-state index >= 15 is 0 Å². The quantitative estimate of drug-likeness (QED) is 0.482. The van der Waals surface area contributed by atoms with E-state index in [9.17, 15) is 8.42 Å². The van der Waals surface area contributed by atoms with Crippen LogP contribution in [0.5, 0.6) is 0 Å². The van der Waals surface area contributed by atoms with Crippen LogP contribution in [-0.2, 0) is 10.0 Å². The summed E-state index contributed by atoms with van der Waals surface area (Å²) in [7, 11) is -3.47. The predicted octanol–water partition coefficient (Wildman–Crippen LogP) is 2.21. The Morgan fingerprint density at radius 3 is 2.58 bits per heavy atom. The van der Waals surface area contributed by atoms with Gasteiger partial charge in [0.15, 0.2) is 0 Å². The molecule has 0 N–H and O–H groups in total. The van der Waals surface area contributed by atoms with Crippen LogP contribution in [0.2, 0.25) is 0 Å². The van der Waals surface area contributed by atoms with Crippen molar-refractivity contribution in [3.63, 3.8) is 0 Å². The Morgan fingerprint density at radius 1 is 1.37 bits per heavy atom. The number of fused-ring (bicyclic) bond motifs is 1. The van der Waals surface area contributed by atoms with E-state index in [1.807, 2.05) is 6.92 Å². The van der Waals surface area contributed by atoms with Crippen molar-refractivity contribution in [1.82, 2.24) is 4.31 Å². The van der Waals surface area contributed by atoms with E-state index < -0.39 is 15.6 Å². The molecule has 2 heterocycles. The van der Waals surface area contributed by atoms with Crippen LogP contribution in [0.25, 0.3) is 10.4 Å². The molecule has 6 nitrogen and oxygen atoms in total. The Morgan fingerprint density at radius 2 is 2.00 bits per heavy atom. The van der Waals surface area contributed by atoms with Gasteiger partial charge in [-0.2, -0.15) is 4.31 Å². The fraction of sp³-hybridized carbons (Fsp3) is 0.500. The second kappa shape index (κ2) is 3.96. The molecule has 2 saturated heterocycles.